The van der Waals surface area contributed by atoms with Gasteiger partial charge in [0.2, 0.25) is 0 Å². The second kappa shape index (κ2) is 6.61. The lowest BCUT2D eigenvalue weighted by atomic mass is 9.90. The molecule has 0 saturated carbocycles. The van der Waals surface area contributed by atoms with Crippen molar-refractivity contribution in [1.82, 2.24) is 0 Å². The van der Waals surface area contributed by atoms with Crippen molar-refractivity contribution in [2.45, 2.75) is 26.3 Å². The minimum atomic E-state index is -0.112. The van der Waals surface area contributed by atoms with Crippen LogP contribution in [0.5, 0.6) is 11.5 Å². The summed E-state index contributed by atoms with van der Waals surface area (Å²) >= 11 is 0. The first-order valence-corrected chi connectivity index (χ1v) is 6.27. The maximum atomic E-state index is 6.30. The standard InChI is InChI=1S/C14H24N2O2/c1-5-10(8-15)13(16)11-6-7-12(17-3)9(2)14(11)18-4/h6-7,10,13H,5,8,15-16H2,1-4H3. The van der Waals surface area contributed by atoms with E-state index >= 15 is 0 Å². The Bertz CT molecular complexity index is 390. The van der Waals surface area contributed by atoms with E-state index in [4.69, 9.17) is 20.9 Å². The molecule has 0 amide bonds. The number of methoxy groups -OCH3 is 2. The van der Waals surface area contributed by atoms with Crippen LogP contribution in [0, 0.1) is 12.8 Å². The molecular formula is C14H24N2O2. The largest absolute Gasteiger partial charge is 0.496 e. The van der Waals surface area contributed by atoms with E-state index in [9.17, 15) is 0 Å². The average molecular weight is 252 g/mol. The Balaban J connectivity index is 3.20. The van der Waals surface area contributed by atoms with E-state index in [-0.39, 0.29) is 12.0 Å². The summed E-state index contributed by atoms with van der Waals surface area (Å²) in [5, 5.41) is 0. The molecule has 0 heterocycles. The smallest absolute Gasteiger partial charge is 0.130 e. The van der Waals surface area contributed by atoms with Crippen LogP contribution in [0.25, 0.3) is 0 Å². The van der Waals surface area contributed by atoms with E-state index in [2.05, 4.69) is 6.92 Å². The van der Waals surface area contributed by atoms with Crippen molar-refractivity contribution in [1.29, 1.82) is 0 Å². The van der Waals surface area contributed by atoms with Gasteiger partial charge in [0, 0.05) is 17.2 Å². The van der Waals surface area contributed by atoms with Crippen LogP contribution in [-0.4, -0.2) is 20.8 Å². The van der Waals surface area contributed by atoms with Crippen molar-refractivity contribution < 1.29 is 9.47 Å². The molecule has 102 valence electrons. The van der Waals surface area contributed by atoms with E-state index in [1.807, 2.05) is 19.1 Å². The highest BCUT2D eigenvalue weighted by Gasteiger charge is 2.22. The Kier molecular flexibility index (Phi) is 5.44. The first-order chi connectivity index (χ1) is 8.60. The van der Waals surface area contributed by atoms with Crippen LogP contribution in [-0.2, 0) is 0 Å². The van der Waals surface area contributed by atoms with E-state index in [1.165, 1.54) is 0 Å². The van der Waals surface area contributed by atoms with E-state index in [0.717, 1.165) is 29.0 Å². The van der Waals surface area contributed by atoms with E-state index < -0.39 is 0 Å². The molecule has 0 saturated heterocycles. The minimum Gasteiger partial charge on any atom is -0.496 e. The topological polar surface area (TPSA) is 70.5 Å². The first kappa shape index (κ1) is 14.8. The third-order valence-electron chi connectivity index (χ3n) is 3.50. The lowest BCUT2D eigenvalue weighted by molar-refractivity contribution is 0.368. The average Bonchev–Trinajstić information content (AvgIpc) is 2.39. The highest BCUT2D eigenvalue weighted by atomic mass is 16.5. The zero-order valence-electron chi connectivity index (χ0n) is 11.7. The van der Waals surface area contributed by atoms with Gasteiger partial charge in [0.15, 0.2) is 0 Å². The Labute approximate surface area is 109 Å². The molecule has 2 unspecified atom stereocenters. The molecule has 4 N–H and O–H groups in total. The first-order valence-electron chi connectivity index (χ1n) is 6.27. The molecular weight excluding hydrogens is 228 g/mol. The molecule has 1 rings (SSSR count). The number of hydrogen-bond acceptors (Lipinski definition) is 4. The van der Waals surface area contributed by atoms with Crippen LogP contribution in [0.4, 0.5) is 0 Å². The molecule has 4 nitrogen and oxygen atoms in total. The van der Waals surface area contributed by atoms with E-state index in [0.29, 0.717) is 6.54 Å². The van der Waals surface area contributed by atoms with E-state index in [1.54, 1.807) is 14.2 Å². The van der Waals surface area contributed by atoms with Crippen LogP contribution >= 0.6 is 0 Å². The molecule has 1 aromatic carbocycles. The van der Waals surface area contributed by atoms with Gasteiger partial charge in [0.25, 0.3) is 0 Å². The van der Waals surface area contributed by atoms with Crippen molar-refractivity contribution in [3.05, 3.63) is 23.3 Å². The molecule has 0 aromatic heterocycles. The van der Waals surface area contributed by atoms with Gasteiger partial charge in [-0.3, -0.25) is 0 Å². The van der Waals surface area contributed by atoms with Gasteiger partial charge in [-0.2, -0.15) is 0 Å². The summed E-state index contributed by atoms with van der Waals surface area (Å²) in [6.45, 7) is 4.64. The summed E-state index contributed by atoms with van der Waals surface area (Å²) in [4.78, 5) is 0. The lowest BCUT2D eigenvalue weighted by Crippen LogP contribution is -2.28. The Morgan fingerprint density at radius 3 is 2.33 bits per heavy atom. The lowest BCUT2D eigenvalue weighted by Gasteiger charge is -2.24. The van der Waals surface area contributed by atoms with Gasteiger partial charge in [0.1, 0.15) is 11.5 Å². The molecule has 0 bridgehead atoms. The molecule has 0 spiro atoms. The third kappa shape index (κ3) is 2.76. The summed E-state index contributed by atoms with van der Waals surface area (Å²) in [6, 6.07) is 3.78. The van der Waals surface area contributed by atoms with Crippen LogP contribution in [0.1, 0.15) is 30.5 Å². The van der Waals surface area contributed by atoms with Gasteiger partial charge in [0.05, 0.1) is 14.2 Å². The molecule has 1 aromatic rings. The van der Waals surface area contributed by atoms with Crippen LogP contribution < -0.4 is 20.9 Å². The molecule has 0 aliphatic heterocycles. The maximum Gasteiger partial charge on any atom is 0.130 e. The Morgan fingerprint density at radius 1 is 1.22 bits per heavy atom. The normalized spacial score (nSPS) is 14.1. The van der Waals surface area contributed by atoms with Gasteiger partial charge in [-0.05, 0) is 25.5 Å². The predicted molar refractivity (Wildman–Crippen MR) is 74.0 cm³/mol. The van der Waals surface area contributed by atoms with Crippen LogP contribution in [0.15, 0.2) is 12.1 Å². The molecule has 0 aliphatic rings. The number of ether oxygens (including phenoxy) is 2. The molecule has 2 atom stereocenters. The van der Waals surface area contributed by atoms with Crippen LogP contribution in [0.2, 0.25) is 0 Å². The fourth-order valence-electron chi connectivity index (χ4n) is 2.27. The Morgan fingerprint density at radius 2 is 1.89 bits per heavy atom. The van der Waals surface area contributed by atoms with Gasteiger partial charge >= 0.3 is 0 Å². The molecule has 18 heavy (non-hydrogen) atoms. The van der Waals surface area contributed by atoms with Gasteiger partial charge in [-0.15, -0.1) is 0 Å². The van der Waals surface area contributed by atoms with Crippen LogP contribution in [0.3, 0.4) is 0 Å². The summed E-state index contributed by atoms with van der Waals surface area (Å²) in [6.07, 6.45) is 0.950. The van der Waals surface area contributed by atoms with Gasteiger partial charge in [-0.25, -0.2) is 0 Å². The number of rotatable bonds is 6. The SMILES string of the molecule is CCC(CN)C(N)c1ccc(OC)c(C)c1OC. The highest BCUT2D eigenvalue weighted by molar-refractivity contribution is 5.50. The van der Waals surface area contributed by atoms with Crippen molar-refractivity contribution in [3.63, 3.8) is 0 Å². The van der Waals surface area contributed by atoms with Crippen molar-refractivity contribution in [2.24, 2.45) is 17.4 Å². The van der Waals surface area contributed by atoms with Crippen molar-refractivity contribution >= 4 is 0 Å². The summed E-state index contributed by atoms with van der Waals surface area (Å²) in [5.41, 5.74) is 14.0. The fraction of sp³-hybridized carbons (Fsp3) is 0.571. The molecule has 0 aliphatic carbocycles. The zero-order valence-corrected chi connectivity index (χ0v) is 11.7. The quantitative estimate of drug-likeness (QED) is 0.812. The minimum absolute atomic E-state index is 0.112. The summed E-state index contributed by atoms with van der Waals surface area (Å²) in [5.74, 6) is 1.86. The maximum absolute atomic E-state index is 6.30. The van der Waals surface area contributed by atoms with Gasteiger partial charge < -0.3 is 20.9 Å². The molecule has 0 fully saturated rings. The second-order valence-corrected chi connectivity index (χ2v) is 4.45. The van der Waals surface area contributed by atoms with Crippen molar-refractivity contribution in [3.8, 4) is 11.5 Å². The van der Waals surface area contributed by atoms with Gasteiger partial charge in [-0.1, -0.05) is 19.4 Å². The number of benzene rings is 1. The Hall–Kier alpha value is -1.26. The third-order valence-corrected chi connectivity index (χ3v) is 3.50. The number of nitrogens with two attached hydrogens (primary N) is 2. The summed E-state index contributed by atoms with van der Waals surface area (Å²) in [7, 11) is 3.30. The molecule has 0 radical (unpaired) electrons. The predicted octanol–water partition coefficient (Wildman–Crippen LogP) is 2.00. The monoisotopic (exact) mass is 252 g/mol. The zero-order chi connectivity index (χ0) is 13.7. The number of hydrogen-bond donors (Lipinski definition) is 2. The highest BCUT2D eigenvalue weighted by Crippen LogP contribution is 2.36. The fourth-order valence-corrected chi connectivity index (χ4v) is 2.27. The van der Waals surface area contributed by atoms with Crippen molar-refractivity contribution in [2.75, 3.05) is 20.8 Å². The molecule has 4 heteroatoms. The second-order valence-electron chi connectivity index (χ2n) is 4.45. The summed E-state index contributed by atoms with van der Waals surface area (Å²) < 4.78 is 10.8.